The summed E-state index contributed by atoms with van der Waals surface area (Å²) in [6.45, 7) is 0. The zero-order valence-corrected chi connectivity index (χ0v) is 37.3. The molecule has 5 heteroatoms. The van der Waals surface area contributed by atoms with E-state index in [1.165, 1.54) is 47.7 Å². The molecule has 9 aromatic carbocycles. The number of benzene rings is 9. The third-order valence-corrected chi connectivity index (χ3v) is 60.8. The fourth-order valence-electron chi connectivity index (χ4n) is 9.41. The van der Waals surface area contributed by atoms with E-state index in [-0.39, 0.29) is 0 Å². The van der Waals surface area contributed by atoms with Crippen molar-refractivity contribution in [2.45, 2.75) is 0 Å². The third-order valence-electron chi connectivity index (χ3n) is 11.6. The van der Waals surface area contributed by atoms with Gasteiger partial charge in [-0.05, 0) is 0 Å². The van der Waals surface area contributed by atoms with E-state index in [1.54, 1.807) is 5.26 Å². The van der Waals surface area contributed by atoms with Gasteiger partial charge in [0.2, 0.25) is 0 Å². The van der Waals surface area contributed by atoms with Gasteiger partial charge in [-0.1, -0.05) is 0 Å². The standard InChI is InChI=1S/3C18H15P.CHO.Ni/c3*1-4-10-16(11-5-1)19(17-12-6-2-7-13-17)18-14-8-3-9-15-18;1-2;/h3*1-15H;1H;/q;;;;-3/p+3. The van der Waals surface area contributed by atoms with Gasteiger partial charge in [-0.15, -0.1) is 0 Å². The number of hydrogen-bond acceptors (Lipinski definition) is 1. The SMILES string of the molecule is O=[CH][Ni]([PH](c1ccccc1)(c1ccccc1)c1ccccc1)([PH](c1ccccc1)(c1ccccc1)c1ccccc1)[PH](c1ccccc1)(c1ccccc1)c1ccccc1. The summed E-state index contributed by atoms with van der Waals surface area (Å²) in [6, 6.07) is 90.1. The number of carbonyl (C=O) groups is 1. The average Bonchev–Trinajstić information content (AvgIpc) is 3.35. The predicted molar refractivity (Wildman–Crippen MR) is 266 cm³/mol. The van der Waals surface area contributed by atoms with Crippen molar-refractivity contribution in [1.82, 2.24) is 0 Å². The summed E-state index contributed by atoms with van der Waals surface area (Å²) < 4.78 is 0. The second kappa shape index (κ2) is 17.6. The molecule has 0 aliphatic carbocycles. The molecule has 0 unspecified atom stereocenters. The monoisotopic (exact) mass is 876 g/mol. The van der Waals surface area contributed by atoms with E-state index in [0.29, 0.717) is 0 Å². The Balaban J connectivity index is 1.74. The number of rotatable bonds is 13. The fourth-order valence-corrected chi connectivity index (χ4v) is 78.8. The van der Waals surface area contributed by atoms with Gasteiger partial charge in [-0.2, -0.15) is 0 Å². The first kappa shape index (κ1) is 39.9. The van der Waals surface area contributed by atoms with E-state index in [0.717, 1.165) is 0 Å². The Morgan fingerprint density at radius 2 is 0.333 bits per heavy atom. The van der Waals surface area contributed by atoms with Crippen molar-refractivity contribution in [1.29, 1.82) is 0 Å². The minimum atomic E-state index is -3.72. The van der Waals surface area contributed by atoms with Gasteiger partial charge in [0.25, 0.3) is 0 Å². The molecule has 0 amide bonds. The molecule has 0 fully saturated rings. The van der Waals surface area contributed by atoms with Crippen LogP contribution in [0.4, 0.5) is 0 Å². The molecule has 0 saturated heterocycles. The molecular formula is C55H49NiOP3. The van der Waals surface area contributed by atoms with Gasteiger partial charge in [-0.3, -0.25) is 0 Å². The summed E-state index contributed by atoms with van der Waals surface area (Å²) >= 11 is -3.10. The van der Waals surface area contributed by atoms with E-state index in [1.807, 2.05) is 0 Å². The van der Waals surface area contributed by atoms with Crippen LogP contribution in [0.15, 0.2) is 273 Å². The van der Waals surface area contributed by atoms with Crippen molar-refractivity contribution in [2.75, 3.05) is 0 Å². The first-order chi connectivity index (χ1) is 29.8. The Hall–Kier alpha value is -5.57. The molecule has 0 aromatic heterocycles. The molecule has 0 N–H and O–H groups in total. The molecule has 0 bridgehead atoms. The van der Waals surface area contributed by atoms with Crippen LogP contribution in [0.5, 0.6) is 0 Å². The molecule has 0 atom stereocenters. The summed E-state index contributed by atoms with van der Waals surface area (Å²) in [7, 11) is 0. The maximum atomic E-state index is 17.1. The van der Waals surface area contributed by atoms with Gasteiger partial charge in [0.05, 0.1) is 0 Å². The van der Waals surface area contributed by atoms with E-state index in [2.05, 4.69) is 273 Å². The van der Waals surface area contributed by atoms with Crippen LogP contribution in [0.3, 0.4) is 0 Å². The second-order valence-electron chi connectivity index (χ2n) is 14.7. The quantitative estimate of drug-likeness (QED) is 0.0642. The zero-order valence-electron chi connectivity index (χ0n) is 33.3. The van der Waals surface area contributed by atoms with Gasteiger partial charge in [0.1, 0.15) is 0 Å². The normalized spacial score (nSPS) is 14.2. The van der Waals surface area contributed by atoms with E-state index >= 15 is 4.79 Å². The Morgan fingerprint density at radius 3 is 0.433 bits per heavy atom. The minimum absolute atomic E-state index is 1.24. The Labute approximate surface area is 357 Å². The van der Waals surface area contributed by atoms with Gasteiger partial charge in [0, 0.05) is 0 Å². The van der Waals surface area contributed by atoms with Crippen LogP contribution in [-0.2, 0) is 15.9 Å². The first-order valence-electron chi connectivity index (χ1n) is 20.3. The van der Waals surface area contributed by atoms with Crippen LogP contribution < -0.4 is 47.7 Å². The number of hydrogen-bond donors (Lipinski definition) is 0. The van der Waals surface area contributed by atoms with Gasteiger partial charge in [0.15, 0.2) is 0 Å². The van der Waals surface area contributed by atoms with Crippen molar-refractivity contribution >= 4 is 71.1 Å². The Bertz CT molecular complexity index is 2150. The van der Waals surface area contributed by atoms with Crippen molar-refractivity contribution < 1.29 is 15.9 Å². The molecule has 0 saturated carbocycles. The summed E-state index contributed by atoms with van der Waals surface area (Å²) in [5.74, 6) is 0. The van der Waals surface area contributed by atoms with Crippen LogP contribution in [0.25, 0.3) is 0 Å². The molecule has 60 heavy (non-hydrogen) atoms. The third kappa shape index (κ3) is 6.13. The summed E-state index contributed by atoms with van der Waals surface area (Å²) in [5, 5.41) is 12.9. The molecule has 300 valence electrons. The Kier molecular flexibility index (Phi) is 11.7. The van der Waals surface area contributed by atoms with Gasteiger partial charge < -0.3 is 0 Å². The van der Waals surface area contributed by atoms with Gasteiger partial charge >= 0.3 is 360 Å². The zero-order chi connectivity index (χ0) is 40.7. The maximum absolute atomic E-state index is 17.1. The van der Waals surface area contributed by atoms with E-state index < -0.39 is 29.2 Å². The molecule has 0 spiro atoms. The molecule has 9 rings (SSSR count). The van der Waals surface area contributed by atoms with E-state index in [9.17, 15) is 0 Å². The molecule has 0 radical (unpaired) electrons. The summed E-state index contributed by atoms with van der Waals surface area (Å²) in [6.07, 6.45) is 0. The van der Waals surface area contributed by atoms with Crippen molar-refractivity contribution in [3.05, 3.63) is 273 Å². The van der Waals surface area contributed by atoms with Crippen LogP contribution in [0, 0.1) is 0 Å². The summed E-state index contributed by atoms with van der Waals surface area (Å²) in [5.41, 5.74) is 0. The van der Waals surface area contributed by atoms with Crippen molar-refractivity contribution in [2.24, 2.45) is 0 Å². The van der Waals surface area contributed by atoms with Gasteiger partial charge in [-0.25, -0.2) is 0 Å². The van der Waals surface area contributed by atoms with E-state index in [4.69, 9.17) is 0 Å². The Morgan fingerprint density at radius 1 is 0.217 bits per heavy atom. The number of carbonyl (C=O) groups excluding carboxylic acids is 1. The van der Waals surface area contributed by atoms with Crippen LogP contribution in [-0.4, -0.2) is 5.26 Å². The predicted octanol–water partition coefficient (Wildman–Crippen LogP) is 9.25. The van der Waals surface area contributed by atoms with Crippen LogP contribution >= 0.6 is 18.1 Å². The average molecular weight is 878 g/mol. The molecule has 0 aliphatic rings. The first-order valence-corrected chi connectivity index (χ1v) is 30.8. The molecule has 0 aliphatic heterocycles. The molecule has 0 heterocycles. The van der Waals surface area contributed by atoms with Crippen molar-refractivity contribution in [3.8, 4) is 0 Å². The second-order valence-corrected chi connectivity index (χ2v) is 42.2. The molecule has 9 aromatic rings. The van der Waals surface area contributed by atoms with Crippen LogP contribution in [0.1, 0.15) is 0 Å². The summed E-state index contributed by atoms with van der Waals surface area (Å²) in [4.78, 5) is 17.1. The van der Waals surface area contributed by atoms with Crippen LogP contribution in [0.2, 0.25) is 0 Å². The molecular weight excluding hydrogens is 828 g/mol. The topological polar surface area (TPSA) is 17.1 Å². The fraction of sp³-hybridized carbons (Fsp3) is 0. The molecule has 1 nitrogen and oxygen atoms in total. The van der Waals surface area contributed by atoms with Crippen molar-refractivity contribution in [3.63, 3.8) is 0 Å².